The van der Waals surface area contributed by atoms with Crippen molar-refractivity contribution in [2.45, 2.75) is 19.9 Å². The fourth-order valence-electron chi connectivity index (χ4n) is 1.93. The number of aromatic nitrogens is 2. The maximum absolute atomic E-state index is 11.6. The van der Waals surface area contributed by atoms with Crippen molar-refractivity contribution < 1.29 is 0 Å². The molecule has 0 aliphatic rings. The van der Waals surface area contributed by atoms with Crippen LogP contribution in [0.4, 0.5) is 5.82 Å². The van der Waals surface area contributed by atoms with E-state index in [1.54, 1.807) is 0 Å². The maximum Gasteiger partial charge on any atom is 0.267 e. The summed E-state index contributed by atoms with van der Waals surface area (Å²) in [4.78, 5) is 20.6. The number of hydrogen-bond acceptors (Lipinski definition) is 3. The highest BCUT2D eigenvalue weighted by atomic mass is 79.9. The van der Waals surface area contributed by atoms with E-state index in [1.807, 2.05) is 18.2 Å². The molecule has 1 N–H and O–H groups in total. The molecule has 0 bridgehead atoms. The minimum absolute atomic E-state index is 0.154. The molecule has 0 unspecified atom stereocenters. The second kappa shape index (κ2) is 6.52. The van der Waals surface area contributed by atoms with Crippen molar-refractivity contribution in [1.29, 1.82) is 0 Å². The summed E-state index contributed by atoms with van der Waals surface area (Å²) in [7, 11) is 0. The van der Waals surface area contributed by atoms with Gasteiger partial charge >= 0.3 is 0 Å². The standard InChI is InChI=1S/C14H16BrN3O/c1-2-8-18(9-11-6-4-3-5-7-11)13-12(15)14(19)17-10-16-13/h3-7,10H,2,8-9H2,1H3,(H,16,17,19). The summed E-state index contributed by atoms with van der Waals surface area (Å²) in [6.45, 7) is 3.70. The number of anilines is 1. The van der Waals surface area contributed by atoms with Gasteiger partial charge in [-0.25, -0.2) is 4.98 Å². The first-order valence-electron chi connectivity index (χ1n) is 6.24. The van der Waals surface area contributed by atoms with Crippen LogP contribution in [0, 0.1) is 0 Å². The maximum atomic E-state index is 11.6. The van der Waals surface area contributed by atoms with Crippen LogP contribution in [0.5, 0.6) is 0 Å². The predicted octanol–water partition coefficient (Wildman–Crippen LogP) is 2.95. The monoisotopic (exact) mass is 321 g/mol. The molecule has 0 saturated heterocycles. The highest BCUT2D eigenvalue weighted by Gasteiger charge is 2.13. The average molecular weight is 322 g/mol. The summed E-state index contributed by atoms with van der Waals surface area (Å²) in [5.41, 5.74) is 1.05. The molecule has 2 aromatic rings. The molecule has 5 heteroatoms. The molecule has 19 heavy (non-hydrogen) atoms. The van der Waals surface area contributed by atoms with Crippen LogP contribution < -0.4 is 10.5 Å². The third-order valence-corrected chi connectivity index (χ3v) is 3.50. The van der Waals surface area contributed by atoms with Gasteiger partial charge in [-0.1, -0.05) is 37.3 Å². The van der Waals surface area contributed by atoms with E-state index in [1.165, 1.54) is 11.9 Å². The van der Waals surface area contributed by atoms with Gasteiger partial charge in [0.05, 0.1) is 6.33 Å². The Hall–Kier alpha value is -1.62. The summed E-state index contributed by atoms with van der Waals surface area (Å²) >= 11 is 3.32. The zero-order valence-corrected chi connectivity index (χ0v) is 12.4. The van der Waals surface area contributed by atoms with E-state index in [9.17, 15) is 4.79 Å². The Morgan fingerprint density at radius 2 is 2.05 bits per heavy atom. The van der Waals surface area contributed by atoms with Crippen molar-refractivity contribution in [1.82, 2.24) is 9.97 Å². The smallest absolute Gasteiger partial charge is 0.267 e. The van der Waals surface area contributed by atoms with Crippen LogP contribution in [0.3, 0.4) is 0 Å². The van der Waals surface area contributed by atoms with Gasteiger partial charge in [-0.3, -0.25) is 4.79 Å². The molecular formula is C14H16BrN3O. The highest BCUT2D eigenvalue weighted by Crippen LogP contribution is 2.21. The SMILES string of the molecule is CCCN(Cc1ccccc1)c1nc[nH]c(=O)c1Br. The van der Waals surface area contributed by atoms with Crippen molar-refractivity contribution in [3.05, 3.63) is 57.0 Å². The normalized spacial score (nSPS) is 10.4. The largest absolute Gasteiger partial charge is 0.351 e. The Morgan fingerprint density at radius 3 is 2.74 bits per heavy atom. The lowest BCUT2D eigenvalue weighted by Crippen LogP contribution is -2.27. The number of H-pyrrole nitrogens is 1. The van der Waals surface area contributed by atoms with Crippen LogP contribution in [0.1, 0.15) is 18.9 Å². The van der Waals surface area contributed by atoms with Gasteiger partial charge in [0.2, 0.25) is 0 Å². The number of nitrogens with zero attached hydrogens (tertiary/aromatic N) is 2. The van der Waals surface area contributed by atoms with Crippen molar-refractivity contribution in [2.75, 3.05) is 11.4 Å². The summed E-state index contributed by atoms with van der Waals surface area (Å²) in [6, 6.07) is 10.2. The molecule has 4 nitrogen and oxygen atoms in total. The number of rotatable bonds is 5. The molecule has 0 aliphatic heterocycles. The first-order chi connectivity index (χ1) is 9.22. The molecule has 2 rings (SSSR count). The van der Waals surface area contributed by atoms with Gasteiger partial charge in [0.15, 0.2) is 5.82 Å². The van der Waals surface area contributed by atoms with Crippen LogP contribution in [0.15, 0.2) is 45.9 Å². The van der Waals surface area contributed by atoms with Gasteiger partial charge in [-0.2, -0.15) is 0 Å². The molecule has 0 radical (unpaired) electrons. The molecule has 1 heterocycles. The van der Waals surface area contributed by atoms with Gasteiger partial charge in [-0.15, -0.1) is 0 Å². The minimum atomic E-state index is -0.154. The molecule has 0 saturated carbocycles. The number of nitrogens with one attached hydrogen (secondary N) is 1. The van der Waals surface area contributed by atoms with Gasteiger partial charge in [0.25, 0.3) is 5.56 Å². The van der Waals surface area contributed by atoms with Crippen molar-refractivity contribution in [3.8, 4) is 0 Å². The third kappa shape index (κ3) is 3.44. The van der Waals surface area contributed by atoms with Gasteiger partial charge in [0, 0.05) is 13.1 Å². The van der Waals surface area contributed by atoms with E-state index in [-0.39, 0.29) is 5.56 Å². The molecule has 100 valence electrons. The number of benzene rings is 1. The quantitative estimate of drug-likeness (QED) is 0.921. The number of hydrogen-bond donors (Lipinski definition) is 1. The zero-order chi connectivity index (χ0) is 13.7. The topological polar surface area (TPSA) is 49.0 Å². The number of aromatic amines is 1. The first kappa shape index (κ1) is 13.8. The molecule has 0 amide bonds. The fourth-order valence-corrected chi connectivity index (χ4v) is 2.40. The average Bonchev–Trinajstić information content (AvgIpc) is 2.43. The molecular weight excluding hydrogens is 306 g/mol. The van der Waals surface area contributed by atoms with Crippen LogP contribution in [-0.2, 0) is 6.54 Å². The summed E-state index contributed by atoms with van der Waals surface area (Å²) < 4.78 is 0.486. The summed E-state index contributed by atoms with van der Waals surface area (Å²) in [6.07, 6.45) is 2.43. The Labute approximate surface area is 120 Å². The van der Waals surface area contributed by atoms with Crippen LogP contribution in [0.25, 0.3) is 0 Å². The van der Waals surface area contributed by atoms with Crippen molar-refractivity contribution >= 4 is 21.7 Å². The second-order valence-electron chi connectivity index (χ2n) is 4.28. The van der Waals surface area contributed by atoms with E-state index in [4.69, 9.17) is 0 Å². The Bertz CT molecular complexity index is 583. The third-order valence-electron chi connectivity index (χ3n) is 2.79. The summed E-state index contributed by atoms with van der Waals surface area (Å²) in [5, 5.41) is 0. The molecule has 0 spiro atoms. The fraction of sp³-hybridized carbons (Fsp3) is 0.286. The Balaban J connectivity index is 2.30. The van der Waals surface area contributed by atoms with Crippen molar-refractivity contribution in [2.24, 2.45) is 0 Å². The number of halogens is 1. The van der Waals surface area contributed by atoms with E-state index in [0.29, 0.717) is 10.3 Å². The molecule has 0 atom stereocenters. The molecule has 0 fully saturated rings. The van der Waals surface area contributed by atoms with E-state index >= 15 is 0 Å². The van der Waals surface area contributed by atoms with Gasteiger partial charge < -0.3 is 9.88 Å². The van der Waals surface area contributed by atoms with E-state index < -0.39 is 0 Å². The lowest BCUT2D eigenvalue weighted by Gasteiger charge is -2.23. The van der Waals surface area contributed by atoms with Crippen molar-refractivity contribution in [3.63, 3.8) is 0 Å². The first-order valence-corrected chi connectivity index (χ1v) is 7.03. The molecule has 1 aromatic heterocycles. The van der Waals surface area contributed by atoms with Crippen LogP contribution in [0.2, 0.25) is 0 Å². The Kier molecular flexibility index (Phi) is 4.74. The highest BCUT2D eigenvalue weighted by molar-refractivity contribution is 9.10. The molecule has 1 aromatic carbocycles. The predicted molar refractivity (Wildman–Crippen MR) is 80.3 cm³/mol. The van der Waals surface area contributed by atoms with Crippen LogP contribution in [-0.4, -0.2) is 16.5 Å². The van der Waals surface area contributed by atoms with Gasteiger partial charge in [-0.05, 0) is 27.9 Å². The minimum Gasteiger partial charge on any atom is -0.351 e. The molecule has 0 aliphatic carbocycles. The van der Waals surface area contributed by atoms with E-state index in [0.717, 1.165) is 19.5 Å². The summed E-state index contributed by atoms with van der Waals surface area (Å²) in [5.74, 6) is 0.689. The Morgan fingerprint density at radius 1 is 1.32 bits per heavy atom. The van der Waals surface area contributed by atoms with Crippen LogP contribution >= 0.6 is 15.9 Å². The van der Waals surface area contributed by atoms with E-state index in [2.05, 4.69) is 49.9 Å². The second-order valence-corrected chi connectivity index (χ2v) is 5.07. The lowest BCUT2D eigenvalue weighted by molar-refractivity contribution is 0.748. The lowest BCUT2D eigenvalue weighted by atomic mass is 10.2. The van der Waals surface area contributed by atoms with Gasteiger partial charge in [0.1, 0.15) is 4.47 Å². The zero-order valence-electron chi connectivity index (χ0n) is 10.8.